The van der Waals surface area contributed by atoms with Crippen LogP contribution in [0.1, 0.15) is 36.0 Å². The molecule has 8 heteroatoms. The monoisotopic (exact) mass is 341 g/mol. The lowest BCUT2D eigenvalue weighted by atomic mass is 10.2. The second-order valence-corrected chi connectivity index (χ2v) is 7.20. The van der Waals surface area contributed by atoms with Crippen LogP contribution in [0.3, 0.4) is 0 Å². The summed E-state index contributed by atoms with van der Waals surface area (Å²) < 4.78 is 33.1. The molecule has 2 rings (SSSR count). The Kier molecular flexibility index (Phi) is 5.97. The molecule has 0 atom stereocenters. The third-order valence-corrected chi connectivity index (χ3v) is 5.36. The first-order chi connectivity index (χ1) is 11.0. The summed E-state index contributed by atoms with van der Waals surface area (Å²) in [4.78, 5) is 12.0. The number of methoxy groups -OCH3 is 1. The molecule has 0 spiro atoms. The summed E-state index contributed by atoms with van der Waals surface area (Å²) in [5, 5.41) is 2.62. The van der Waals surface area contributed by atoms with Crippen molar-refractivity contribution in [3.63, 3.8) is 0 Å². The summed E-state index contributed by atoms with van der Waals surface area (Å²) in [7, 11) is -2.34. The summed E-state index contributed by atoms with van der Waals surface area (Å²) >= 11 is 0. The number of benzene rings is 1. The third kappa shape index (κ3) is 4.43. The van der Waals surface area contributed by atoms with Gasteiger partial charge < -0.3 is 15.8 Å². The van der Waals surface area contributed by atoms with Crippen LogP contribution in [-0.2, 0) is 10.0 Å². The molecule has 0 radical (unpaired) electrons. The number of rotatable bonds is 7. The van der Waals surface area contributed by atoms with Crippen molar-refractivity contribution in [3.8, 4) is 5.75 Å². The van der Waals surface area contributed by atoms with Crippen molar-refractivity contribution in [3.05, 3.63) is 23.8 Å². The zero-order valence-electron chi connectivity index (χ0n) is 13.2. The molecule has 128 valence electrons. The molecular weight excluding hydrogens is 318 g/mol. The number of amides is 1. The van der Waals surface area contributed by atoms with E-state index in [4.69, 9.17) is 10.5 Å². The van der Waals surface area contributed by atoms with E-state index in [1.54, 1.807) is 0 Å². The molecule has 4 N–H and O–H groups in total. The van der Waals surface area contributed by atoms with E-state index in [2.05, 4.69) is 10.0 Å². The van der Waals surface area contributed by atoms with Gasteiger partial charge in [0.2, 0.25) is 10.0 Å². The molecule has 1 amide bonds. The van der Waals surface area contributed by atoms with Crippen molar-refractivity contribution in [2.24, 2.45) is 5.73 Å². The van der Waals surface area contributed by atoms with Gasteiger partial charge in [-0.3, -0.25) is 4.79 Å². The van der Waals surface area contributed by atoms with Crippen LogP contribution >= 0.6 is 0 Å². The highest BCUT2D eigenvalue weighted by Gasteiger charge is 2.26. The second kappa shape index (κ2) is 7.76. The highest BCUT2D eigenvalue weighted by atomic mass is 32.2. The van der Waals surface area contributed by atoms with Gasteiger partial charge in [0.15, 0.2) is 0 Å². The van der Waals surface area contributed by atoms with Gasteiger partial charge in [-0.15, -0.1) is 0 Å². The van der Waals surface area contributed by atoms with E-state index in [9.17, 15) is 13.2 Å². The Balaban J connectivity index is 2.28. The van der Waals surface area contributed by atoms with Gasteiger partial charge in [-0.25, -0.2) is 13.1 Å². The Morgan fingerprint density at radius 3 is 2.65 bits per heavy atom. The van der Waals surface area contributed by atoms with E-state index in [0.29, 0.717) is 13.1 Å². The summed E-state index contributed by atoms with van der Waals surface area (Å²) in [6, 6.07) is 4.29. The van der Waals surface area contributed by atoms with Gasteiger partial charge in [0, 0.05) is 24.7 Å². The minimum Gasteiger partial charge on any atom is -0.495 e. The first-order valence-corrected chi connectivity index (χ1v) is 9.15. The lowest BCUT2D eigenvalue weighted by molar-refractivity contribution is 0.0954. The van der Waals surface area contributed by atoms with Crippen LogP contribution in [0, 0.1) is 0 Å². The number of carbonyl (C=O) groups excluding carboxylic acids is 1. The highest BCUT2D eigenvalue weighted by molar-refractivity contribution is 7.89. The van der Waals surface area contributed by atoms with E-state index < -0.39 is 10.0 Å². The molecule has 1 aliphatic carbocycles. The highest BCUT2D eigenvalue weighted by Crippen LogP contribution is 2.27. The molecule has 23 heavy (non-hydrogen) atoms. The molecule has 1 fully saturated rings. The SMILES string of the molecule is COc1ccc(C(=O)NCCN)cc1S(=O)(=O)NC1CCCC1. The minimum absolute atomic E-state index is 0.0210. The number of nitrogens with one attached hydrogen (secondary N) is 2. The quantitative estimate of drug-likeness (QED) is 0.673. The topological polar surface area (TPSA) is 111 Å². The predicted molar refractivity (Wildman–Crippen MR) is 87.0 cm³/mol. The number of hydrogen-bond acceptors (Lipinski definition) is 5. The molecule has 1 aromatic rings. The van der Waals surface area contributed by atoms with E-state index in [1.807, 2.05) is 0 Å². The van der Waals surface area contributed by atoms with Crippen LogP contribution in [0.4, 0.5) is 0 Å². The van der Waals surface area contributed by atoms with Gasteiger partial charge in [0.1, 0.15) is 10.6 Å². The van der Waals surface area contributed by atoms with E-state index in [0.717, 1.165) is 25.7 Å². The summed E-state index contributed by atoms with van der Waals surface area (Å²) in [5.41, 5.74) is 5.61. The largest absolute Gasteiger partial charge is 0.495 e. The van der Waals surface area contributed by atoms with Crippen molar-refractivity contribution in [1.82, 2.24) is 10.0 Å². The smallest absolute Gasteiger partial charge is 0.251 e. The van der Waals surface area contributed by atoms with Crippen molar-refractivity contribution in [1.29, 1.82) is 0 Å². The fraction of sp³-hybridized carbons (Fsp3) is 0.533. The Bertz CT molecular complexity index is 655. The van der Waals surface area contributed by atoms with Gasteiger partial charge in [-0.2, -0.15) is 0 Å². The number of ether oxygens (including phenoxy) is 1. The number of sulfonamides is 1. The summed E-state index contributed by atoms with van der Waals surface area (Å²) in [6.07, 6.45) is 3.70. The first-order valence-electron chi connectivity index (χ1n) is 7.66. The number of nitrogens with two attached hydrogens (primary N) is 1. The maximum Gasteiger partial charge on any atom is 0.251 e. The molecule has 1 aromatic carbocycles. The molecular formula is C15H23N3O4S. The van der Waals surface area contributed by atoms with Crippen molar-refractivity contribution < 1.29 is 17.9 Å². The van der Waals surface area contributed by atoms with E-state index in [1.165, 1.54) is 25.3 Å². The molecule has 1 saturated carbocycles. The van der Waals surface area contributed by atoms with Crippen molar-refractivity contribution >= 4 is 15.9 Å². The molecule has 0 aromatic heterocycles. The molecule has 0 unspecified atom stereocenters. The predicted octanol–water partition coefficient (Wildman–Crippen LogP) is 0.605. The van der Waals surface area contributed by atoms with Crippen molar-refractivity contribution in [2.75, 3.05) is 20.2 Å². The second-order valence-electron chi connectivity index (χ2n) is 5.51. The van der Waals surface area contributed by atoms with Gasteiger partial charge in [-0.05, 0) is 31.0 Å². The van der Waals surface area contributed by atoms with Crippen LogP contribution in [0.15, 0.2) is 23.1 Å². The normalized spacial score (nSPS) is 15.6. The van der Waals surface area contributed by atoms with Gasteiger partial charge in [0.25, 0.3) is 5.91 Å². The average Bonchev–Trinajstić information content (AvgIpc) is 3.04. The fourth-order valence-corrected chi connectivity index (χ4v) is 4.14. The standard InChI is InChI=1S/C15H23N3O4S/c1-22-13-7-6-11(15(19)17-9-8-16)10-14(13)23(20,21)18-12-4-2-3-5-12/h6-7,10,12,18H,2-5,8-9,16H2,1H3,(H,17,19). The van der Waals surface area contributed by atoms with E-state index in [-0.39, 0.29) is 28.2 Å². The van der Waals surface area contributed by atoms with E-state index >= 15 is 0 Å². The van der Waals surface area contributed by atoms with Crippen LogP contribution in [0.5, 0.6) is 5.75 Å². The van der Waals surface area contributed by atoms with Crippen LogP contribution in [0.25, 0.3) is 0 Å². The van der Waals surface area contributed by atoms with Crippen LogP contribution in [0.2, 0.25) is 0 Å². The maximum atomic E-state index is 12.6. The van der Waals surface area contributed by atoms with Crippen LogP contribution < -0.4 is 20.5 Å². The first kappa shape index (κ1) is 17.7. The van der Waals surface area contributed by atoms with Crippen molar-refractivity contribution in [2.45, 2.75) is 36.6 Å². The van der Waals surface area contributed by atoms with Gasteiger partial charge in [0.05, 0.1) is 7.11 Å². The molecule has 1 aliphatic rings. The lowest BCUT2D eigenvalue weighted by Crippen LogP contribution is -2.33. The van der Waals surface area contributed by atoms with Crippen LogP contribution in [-0.4, -0.2) is 40.6 Å². The average molecular weight is 341 g/mol. The lowest BCUT2D eigenvalue weighted by Gasteiger charge is -2.15. The summed E-state index contributed by atoms with van der Waals surface area (Å²) in [6.45, 7) is 0.642. The Hall–Kier alpha value is -1.64. The zero-order chi connectivity index (χ0) is 16.9. The molecule has 0 bridgehead atoms. The van der Waals surface area contributed by atoms with Gasteiger partial charge in [-0.1, -0.05) is 12.8 Å². The number of hydrogen-bond donors (Lipinski definition) is 3. The minimum atomic E-state index is -3.74. The molecule has 7 nitrogen and oxygen atoms in total. The fourth-order valence-electron chi connectivity index (χ4n) is 2.64. The maximum absolute atomic E-state index is 12.6. The third-order valence-electron chi connectivity index (χ3n) is 3.82. The molecule has 0 aliphatic heterocycles. The Morgan fingerprint density at radius 2 is 2.04 bits per heavy atom. The molecule has 0 heterocycles. The zero-order valence-corrected chi connectivity index (χ0v) is 14.0. The number of carbonyl (C=O) groups is 1. The Labute approximate surface area is 136 Å². The Morgan fingerprint density at radius 1 is 1.35 bits per heavy atom. The molecule has 0 saturated heterocycles. The summed E-state index contributed by atoms with van der Waals surface area (Å²) in [5.74, 6) is -0.152. The van der Waals surface area contributed by atoms with Gasteiger partial charge >= 0.3 is 0 Å².